The van der Waals surface area contributed by atoms with Crippen molar-refractivity contribution in [1.82, 2.24) is 0 Å². The molecule has 0 saturated carbocycles. The highest BCUT2D eigenvalue weighted by Gasteiger charge is 2.28. The van der Waals surface area contributed by atoms with Crippen LogP contribution >= 0.6 is 11.8 Å². The number of carboxylic acid groups (broad SMARTS) is 1. The number of hydrogen-bond acceptors (Lipinski definition) is 2. The van der Waals surface area contributed by atoms with Gasteiger partial charge in [0.25, 0.3) is 0 Å². The molecule has 2 aromatic carbocycles. The largest absolute Gasteiger partial charge is 0.478 e. The van der Waals surface area contributed by atoms with E-state index in [0.29, 0.717) is 12.0 Å². The molecule has 0 saturated heterocycles. The van der Waals surface area contributed by atoms with Crippen molar-refractivity contribution in [2.45, 2.75) is 43.9 Å². The molecule has 1 aliphatic rings. The summed E-state index contributed by atoms with van der Waals surface area (Å²) < 4.78 is 0. The van der Waals surface area contributed by atoms with Crippen LogP contribution < -0.4 is 0 Å². The number of carbonyl (C=O) groups is 1. The van der Waals surface area contributed by atoms with E-state index in [1.54, 1.807) is 6.07 Å². The highest BCUT2D eigenvalue weighted by molar-refractivity contribution is 7.99. The van der Waals surface area contributed by atoms with Crippen molar-refractivity contribution in [3.63, 3.8) is 0 Å². The molecule has 0 aliphatic carbocycles. The van der Waals surface area contributed by atoms with E-state index in [0.717, 1.165) is 22.4 Å². The summed E-state index contributed by atoms with van der Waals surface area (Å²) in [7, 11) is 0. The minimum absolute atomic E-state index is 0.198. The Balaban J connectivity index is 2.18. The second-order valence-electron chi connectivity index (χ2n) is 7.01. The van der Waals surface area contributed by atoms with E-state index in [1.165, 1.54) is 16.9 Å². The van der Waals surface area contributed by atoms with Gasteiger partial charge in [-0.15, -0.1) is 18.2 Å². The summed E-state index contributed by atoms with van der Waals surface area (Å²) in [4.78, 5) is 12.8. The number of hydrogen-bond donors (Lipinski definition) is 1. The number of benzene rings is 2. The molecule has 128 valence electrons. The molecule has 0 radical (unpaired) electrons. The number of terminal acetylenes is 1. The van der Waals surface area contributed by atoms with Crippen LogP contribution in [0.2, 0.25) is 0 Å². The smallest absolute Gasteiger partial charge is 0.336 e. The molecule has 0 fully saturated rings. The molecule has 0 spiro atoms. The highest BCUT2D eigenvalue weighted by atomic mass is 32.2. The summed E-state index contributed by atoms with van der Waals surface area (Å²) in [6.07, 6.45) is 7.52. The van der Waals surface area contributed by atoms with Gasteiger partial charge in [-0.1, -0.05) is 44.9 Å². The Kier molecular flexibility index (Phi) is 4.67. The van der Waals surface area contributed by atoms with Gasteiger partial charge in [0.1, 0.15) is 0 Å². The van der Waals surface area contributed by atoms with Crippen molar-refractivity contribution in [1.29, 1.82) is 0 Å². The first kappa shape index (κ1) is 17.6. The van der Waals surface area contributed by atoms with Crippen LogP contribution in [-0.2, 0) is 11.8 Å². The van der Waals surface area contributed by atoms with Crippen LogP contribution in [0.1, 0.15) is 54.2 Å². The lowest BCUT2D eigenvalue weighted by atomic mass is 9.81. The molecule has 0 aromatic heterocycles. The number of aromatic carboxylic acids is 1. The Bertz CT molecular complexity index is 888. The molecule has 1 N–H and O–H groups in total. The van der Waals surface area contributed by atoms with Crippen LogP contribution in [0.4, 0.5) is 0 Å². The molecule has 3 rings (SSSR count). The summed E-state index contributed by atoms with van der Waals surface area (Å²) in [5.74, 6) is 2.74. The van der Waals surface area contributed by atoms with Crippen LogP contribution in [0.3, 0.4) is 0 Å². The SMILES string of the molecule is C#Cc1c(C(=O)O)ccc(-c2ccc3c(c2)SCCC3(C)C)c1CC. The Labute approximate surface area is 153 Å². The van der Waals surface area contributed by atoms with Gasteiger partial charge in [-0.05, 0) is 58.4 Å². The first-order valence-corrected chi connectivity index (χ1v) is 9.51. The molecular formula is C22H22O2S. The standard InChI is InChI=1S/C22H22O2S/c1-5-15-16(6-2)18(21(23)24)9-8-17(15)14-7-10-19-20(13-14)25-12-11-22(19,3)4/h2,7-10,13H,5,11-12H2,1,3-4H3,(H,23,24). The predicted molar refractivity (Wildman–Crippen MR) is 105 cm³/mol. The third-order valence-electron chi connectivity index (χ3n) is 5.05. The molecule has 25 heavy (non-hydrogen) atoms. The maximum absolute atomic E-state index is 11.5. The highest BCUT2D eigenvalue weighted by Crippen LogP contribution is 2.43. The molecule has 0 amide bonds. The Morgan fingerprint density at radius 3 is 2.72 bits per heavy atom. The number of rotatable bonds is 3. The zero-order valence-electron chi connectivity index (χ0n) is 14.8. The van der Waals surface area contributed by atoms with Gasteiger partial charge in [-0.3, -0.25) is 0 Å². The van der Waals surface area contributed by atoms with Crippen LogP contribution in [0.25, 0.3) is 11.1 Å². The second kappa shape index (κ2) is 6.61. The lowest BCUT2D eigenvalue weighted by Gasteiger charge is -2.32. The molecule has 3 heteroatoms. The molecule has 0 unspecified atom stereocenters. The van der Waals surface area contributed by atoms with Crippen molar-refractivity contribution in [3.05, 3.63) is 52.6 Å². The van der Waals surface area contributed by atoms with Gasteiger partial charge >= 0.3 is 5.97 Å². The van der Waals surface area contributed by atoms with Crippen molar-refractivity contribution in [2.75, 3.05) is 5.75 Å². The van der Waals surface area contributed by atoms with Crippen molar-refractivity contribution in [2.24, 2.45) is 0 Å². The van der Waals surface area contributed by atoms with Crippen LogP contribution in [0, 0.1) is 12.3 Å². The summed E-state index contributed by atoms with van der Waals surface area (Å²) in [5, 5.41) is 9.39. The normalized spacial score (nSPS) is 15.3. The molecule has 2 aromatic rings. The topological polar surface area (TPSA) is 37.3 Å². The molecule has 2 nitrogen and oxygen atoms in total. The summed E-state index contributed by atoms with van der Waals surface area (Å²) in [5.41, 5.74) is 5.37. The summed E-state index contributed by atoms with van der Waals surface area (Å²) >= 11 is 1.90. The fourth-order valence-electron chi connectivity index (χ4n) is 3.55. The average Bonchev–Trinajstić information content (AvgIpc) is 2.59. The van der Waals surface area contributed by atoms with Gasteiger partial charge in [0.2, 0.25) is 0 Å². The van der Waals surface area contributed by atoms with Gasteiger partial charge in [0.05, 0.1) is 5.56 Å². The first-order chi connectivity index (χ1) is 11.9. The maximum Gasteiger partial charge on any atom is 0.336 e. The fourth-order valence-corrected chi connectivity index (χ4v) is 5.09. The minimum Gasteiger partial charge on any atom is -0.478 e. The van der Waals surface area contributed by atoms with Crippen molar-refractivity contribution < 1.29 is 9.90 Å². The van der Waals surface area contributed by atoms with Crippen LogP contribution in [-0.4, -0.2) is 16.8 Å². The second-order valence-corrected chi connectivity index (χ2v) is 8.15. The van der Waals surface area contributed by atoms with E-state index in [4.69, 9.17) is 6.42 Å². The predicted octanol–water partition coefficient (Wildman–Crippen LogP) is 5.37. The summed E-state index contributed by atoms with van der Waals surface area (Å²) in [6.45, 7) is 6.60. The van der Waals surface area contributed by atoms with E-state index >= 15 is 0 Å². The molecule has 0 bridgehead atoms. The van der Waals surface area contributed by atoms with E-state index in [2.05, 4.69) is 38.0 Å². The number of thioether (sulfide) groups is 1. The lowest BCUT2D eigenvalue weighted by molar-refractivity contribution is 0.0696. The maximum atomic E-state index is 11.5. The Hall–Kier alpha value is -2.18. The van der Waals surface area contributed by atoms with E-state index in [1.807, 2.05) is 24.8 Å². The molecule has 0 atom stereocenters. The fraction of sp³-hybridized carbons (Fsp3) is 0.318. The Morgan fingerprint density at radius 1 is 1.32 bits per heavy atom. The molecule has 1 aliphatic heterocycles. The zero-order chi connectivity index (χ0) is 18.2. The minimum atomic E-state index is -0.975. The molecular weight excluding hydrogens is 328 g/mol. The zero-order valence-corrected chi connectivity index (χ0v) is 15.7. The van der Waals surface area contributed by atoms with Gasteiger partial charge < -0.3 is 5.11 Å². The van der Waals surface area contributed by atoms with Crippen molar-refractivity contribution >= 4 is 17.7 Å². The lowest BCUT2D eigenvalue weighted by Crippen LogP contribution is -2.22. The number of fused-ring (bicyclic) bond motifs is 1. The van der Waals surface area contributed by atoms with Crippen LogP contribution in [0.15, 0.2) is 35.2 Å². The van der Waals surface area contributed by atoms with E-state index < -0.39 is 5.97 Å². The van der Waals surface area contributed by atoms with Gasteiger partial charge in [-0.2, -0.15) is 0 Å². The third kappa shape index (κ3) is 3.07. The third-order valence-corrected chi connectivity index (χ3v) is 6.10. The quantitative estimate of drug-likeness (QED) is 0.756. The van der Waals surface area contributed by atoms with Crippen molar-refractivity contribution in [3.8, 4) is 23.5 Å². The number of carboxylic acids is 1. The monoisotopic (exact) mass is 350 g/mol. The summed E-state index contributed by atoms with van der Waals surface area (Å²) in [6, 6.07) is 10.1. The van der Waals surface area contributed by atoms with Gasteiger partial charge in [0.15, 0.2) is 0 Å². The molecule has 1 heterocycles. The van der Waals surface area contributed by atoms with Gasteiger partial charge in [0, 0.05) is 10.5 Å². The van der Waals surface area contributed by atoms with Crippen LogP contribution in [0.5, 0.6) is 0 Å². The first-order valence-electron chi connectivity index (χ1n) is 8.52. The van der Waals surface area contributed by atoms with E-state index in [-0.39, 0.29) is 11.0 Å². The van der Waals surface area contributed by atoms with E-state index in [9.17, 15) is 9.90 Å². The van der Waals surface area contributed by atoms with Gasteiger partial charge in [-0.25, -0.2) is 4.79 Å². The average molecular weight is 350 g/mol. The Morgan fingerprint density at radius 2 is 2.08 bits per heavy atom.